The molecule has 1 aliphatic rings. The van der Waals surface area contributed by atoms with Gasteiger partial charge in [0.2, 0.25) is 0 Å². The van der Waals surface area contributed by atoms with Crippen LogP contribution in [-0.4, -0.2) is 67.7 Å². The number of carbonyl (C=O) groups excluding carboxylic acids is 1. The van der Waals surface area contributed by atoms with Gasteiger partial charge >= 0.3 is 5.97 Å². The van der Waals surface area contributed by atoms with Gasteiger partial charge in [-0.15, -0.1) is 0 Å². The molecular weight excluding hydrogens is 218 g/mol. The van der Waals surface area contributed by atoms with Crippen LogP contribution in [-0.2, 0) is 9.53 Å². The molecule has 1 atom stereocenters. The number of ether oxygens (including phenoxy) is 1. The van der Waals surface area contributed by atoms with Gasteiger partial charge in [-0.25, -0.2) is 0 Å². The maximum absolute atomic E-state index is 11.6. The van der Waals surface area contributed by atoms with E-state index >= 15 is 0 Å². The van der Waals surface area contributed by atoms with E-state index in [1.165, 1.54) is 0 Å². The molecule has 0 saturated carbocycles. The predicted octanol–water partition coefficient (Wildman–Crippen LogP) is -0.0956. The highest BCUT2D eigenvalue weighted by atomic mass is 16.5. The monoisotopic (exact) mass is 243 g/mol. The number of piperazine rings is 1. The molecule has 17 heavy (non-hydrogen) atoms. The summed E-state index contributed by atoms with van der Waals surface area (Å²) in [4.78, 5) is 16.3. The fourth-order valence-corrected chi connectivity index (χ4v) is 1.86. The third kappa shape index (κ3) is 4.61. The van der Waals surface area contributed by atoms with Crippen molar-refractivity contribution in [2.75, 3.05) is 46.4 Å². The van der Waals surface area contributed by atoms with Gasteiger partial charge in [0, 0.05) is 32.7 Å². The van der Waals surface area contributed by atoms with Crippen LogP contribution in [0.15, 0.2) is 0 Å². The van der Waals surface area contributed by atoms with Crippen molar-refractivity contribution in [2.24, 2.45) is 5.73 Å². The summed E-state index contributed by atoms with van der Waals surface area (Å²) in [5, 5.41) is 0. The summed E-state index contributed by atoms with van der Waals surface area (Å²) in [5.74, 6) is -0.297. The van der Waals surface area contributed by atoms with E-state index in [1.54, 1.807) is 13.8 Å². The van der Waals surface area contributed by atoms with Crippen LogP contribution in [0.25, 0.3) is 0 Å². The van der Waals surface area contributed by atoms with Crippen molar-refractivity contribution in [1.29, 1.82) is 0 Å². The van der Waals surface area contributed by atoms with Crippen LogP contribution in [0.2, 0.25) is 0 Å². The van der Waals surface area contributed by atoms with Gasteiger partial charge < -0.3 is 20.3 Å². The molecule has 2 N–H and O–H groups in total. The third-order valence-electron chi connectivity index (χ3n) is 3.29. The maximum atomic E-state index is 11.6. The van der Waals surface area contributed by atoms with Crippen LogP contribution >= 0.6 is 0 Å². The second-order valence-corrected chi connectivity index (χ2v) is 5.03. The quantitative estimate of drug-likeness (QED) is 0.684. The molecule has 0 aromatic rings. The maximum Gasteiger partial charge on any atom is 0.325 e. The number of likely N-dealkylation sites (N-methyl/N-ethyl adjacent to an activating group) is 1. The minimum absolute atomic E-state index is 0.297. The van der Waals surface area contributed by atoms with E-state index < -0.39 is 5.54 Å². The third-order valence-corrected chi connectivity index (χ3v) is 3.29. The van der Waals surface area contributed by atoms with E-state index in [4.69, 9.17) is 10.5 Å². The Bertz CT molecular complexity index is 248. The van der Waals surface area contributed by atoms with E-state index in [-0.39, 0.29) is 5.97 Å². The van der Waals surface area contributed by atoms with E-state index in [0.717, 1.165) is 32.7 Å². The fraction of sp³-hybridized carbons (Fsp3) is 0.917. The molecule has 0 bridgehead atoms. The first-order valence-corrected chi connectivity index (χ1v) is 6.32. The predicted molar refractivity (Wildman–Crippen MR) is 67.8 cm³/mol. The lowest BCUT2D eigenvalue weighted by Crippen LogP contribution is -2.51. The summed E-state index contributed by atoms with van der Waals surface area (Å²) < 4.78 is 4.97. The van der Waals surface area contributed by atoms with Gasteiger partial charge in [-0.2, -0.15) is 0 Å². The van der Waals surface area contributed by atoms with Crippen LogP contribution < -0.4 is 5.73 Å². The highest BCUT2D eigenvalue weighted by molar-refractivity contribution is 5.79. The molecule has 0 radical (unpaired) electrons. The minimum Gasteiger partial charge on any atom is -0.465 e. The molecule has 0 aromatic carbocycles. The van der Waals surface area contributed by atoms with Crippen molar-refractivity contribution in [3.05, 3.63) is 0 Å². The summed E-state index contributed by atoms with van der Waals surface area (Å²) in [7, 11) is 2.13. The first kappa shape index (κ1) is 14.4. The molecule has 100 valence electrons. The molecular formula is C12H25N3O2. The molecule has 1 aliphatic heterocycles. The molecule has 0 amide bonds. The van der Waals surface area contributed by atoms with Crippen molar-refractivity contribution in [1.82, 2.24) is 9.80 Å². The Kier molecular flexibility index (Phi) is 5.36. The summed E-state index contributed by atoms with van der Waals surface area (Å²) in [5.41, 5.74) is 5.12. The number of hydrogen-bond acceptors (Lipinski definition) is 5. The molecule has 1 rings (SSSR count). The average molecular weight is 243 g/mol. The molecule has 5 nitrogen and oxygen atoms in total. The summed E-state index contributed by atoms with van der Waals surface area (Å²) in [6, 6.07) is 0. The average Bonchev–Trinajstić information content (AvgIpc) is 2.29. The van der Waals surface area contributed by atoms with E-state index in [1.807, 2.05) is 0 Å². The van der Waals surface area contributed by atoms with Crippen molar-refractivity contribution in [2.45, 2.75) is 25.8 Å². The number of carbonyl (C=O) groups is 1. The highest BCUT2D eigenvalue weighted by Crippen LogP contribution is 2.10. The first-order chi connectivity index (χ1) is 7.95. The number of rotatable bonds is 5. The summed E-state index contributed by atoms with van der Waals surface area (Å²) >= 11 is 0. The second-order valence-electron chi connectivity index (χ2n) is 5.03. The van der Waals surface area contributed by atoms with Crippen molar-refractivity contribution in [3.8, 4) is 0 Å². The number of nitrogens with two attached hydrogens (primary N) is 1. The molecule has 5 heteroatoms. The van der Waals surface area contributed by atoms with Crippen LogP contribution in [0.5, 0.6) is 0 Å². The van der Waals surface area contributed by atoms with Crippen LogP contribution in [0.1, 0.15) is 20.3 Å². The zero-order valence-corrected chi connectivity index (χ0v) is 11.2. The van der Waals surface area contributed by atoms with E-state index in [0.29, 0.717) is 13.0 Å². The Hall–Kier alpha value is -0.650. The topological polar surface area (TPSA) is 58.8 Å². The zero-order valence-electron chi connectivity index (χ0n) is 11.2. The van der Waals surface area contributed by atoms with E-state index in [9.17, 15) is 4.79 Å². The highest BCUT2D eigenvalue weighted by Gasteiger charge is 2.30. The Morgan fingerprint density at radius 2 is 1.94 bits per heavy atom. The molecule has 0 spiro atoms. The lowest BCUT2D eigenvalue weighted by atomic mass is 9.99. The van der Waals surface area contributed by atoms with Gasteiger partial charge in [0.05, 0.1) is 6.61 Å². The molecule has 1 heterocycles. The van der Waals surface area contributed by atoms with Gasteiger partial charge in [0.15, 0.2) is 0 Å². The Balaban J connectivity index is 2.31. The van der Waals surface area contributed by atoms with Crippen LogP contribution in [0, 0.1) is 0 Å². The standard InChI is InChI=1S/C12H25N3O2/c1-4-17-11(16)12(2,13)5-6-15-9-7-14(3)8-10-15/h4-10,13H2,1-3H3. The van der Waals surface area contributed by atoms with Crippen molar-refractivity contribution in [3.63, 3.8) is 0 Å². The lowest BCUT2D eigenvalue weighted by Gasteiger charge is -2.34. The van der Waals surface area contributed by atoms with Gasteiger partial charge in [0.1, 0.15) is 5.54 Å². The first-order valence-electron chi connectivity index (χ1n) is 6.32. The smallest absolute Gasteiger partial charge is 0.325 e. The molecule has 1 fully saturated rings. The Morgan fingerprint density at radius 3 is 2.47 bits per heavy atom. The van der Waals surface area contributed by atoms with Gasteiger partial charge in [0.25, 0.3) is 0 Å². The van der Waals surface area contributed by atoms with Gasteiger partial charge in [-0.3, -0.25) is 4.79 Å². The Morgan fingerprint density at radius 1 is 1.35 bits per heavy atom. The number of esters is 1. The van der Waals surface area contributed by atoms with Crippen molar-refractivity contribution >= 4 is 5.97 Å². The normalized spacial score (nSPS) is 22.1. The SMILES string of the molecule is CCOC(=O)C(C)(N)CCN1CCN(C)CC1. The second kappa shape index (κ2) is 6.33. The van der Waals surface area contributed by atoms with Gasteiger partial charge in [-0.05, 0) is 27.3 Å². The minimum atomic E-state index is -0.862. The lowest BCUT2D eigenvalue weighted by molar-refractivity contribution is -0.149. The number of nitrogens with zero attached hydrogens (tertiary/aromatic N) is 2. The molecule has 1 unspecified atom stereocenters. The van der Waals surface area contributed by atoms with E-state index in [2.05, 4.69) is 16.8 Å². The molecule has 0 aromatic heterocycles. The molecule has 0 aliphatic carbocycles. The Labute approximate surface area is 104 Å². The number of hydrogen-bond donors (Lipinski definition) is 1. The molecule has 1 saturated heterocycles. The van der Waals surface area contributed by atoms with Crippen molar-refractivity contribution < 1.29 is 9.53 Å². The fourth-order valence-electron chi connectivity index (χ4n) is 1.86. The summed E-state index contributed by atoms with van der Waals surface area (Å²) in [6.07, 6.45) is 0.648. The van der Waals surface area contributed by atoms with Gasteiger partial charge in [-0.1, -0.05) is 0 Å². The van der Waals surface area contributed by atoms with Crippen LogP contribution in [0.3, 0.4) is 0 Å². The largest absolute Gasteiger partial charge is 0.465 e. The zero-order chi connectivity index (χ0) is 12.9. The van der Waals surface area contributed by atoms with Crippen LogP contribution in [0.4, 0.5) is 0 Å². The summed E-state index contributed by atoms with van der Waals surface area (Å²) in [6.45, 7) is 9.07.